The molecular weight excluding hydrogens is 254 g/mol. The lowest BCUT2D eigenvalue weighted by molar-refractivity contribution is 0.318. The SMILES string of the molecule is CCN(c1cnc(C(N)=NO)cn1)c1ccccc1C. The summed E-state index contributed by atoms with van der Waals surface area (Å²) >= 11 is 0. The second-order valence-corrected chi connectivity index (χ2v) is 4.28. The fourth-order valence-corrected chi connectivity index (χ4v) is 1.97. The van der Waals surface area contributed by atoms with E-state index >= 15 is 0 Å². The number of benzene rings is 1. The Kier molecular flexibility index (Phi) is 4.14. The van der Waals surface area contributed by atoms with Crippen LogP contribution < -0.4 is 10.6 Å². The van der Waals surface area contributed by atoms with Crippen LogP contribution in [0.25, 0.3) is 0 Å². The number of amidine groups is 1. The van der Waals surface area contributed by atoms with E-state index < -0.39 is 0 Å². The van der Waals surface area contributed by atoms with Crippen LogP contribution in [-0.4, -0.2) is 27.6 Å². The number of oxime groups is 1. The highest BCUT2D eigenvalue weighted by Crippen LogP contribution is 2.25. The molecule has 1 aromatic carbocycles. The average molecular weight is 271 g/mol. The Morgan fingerprint density at radius 2 is 2.05 bits per heavy atom. The summed E-state index contributed by atoms with van der Waals surface area (Å²) in [6.45, 7) is 4.87. The molecule has 0 saturated heterocycles. The lowest BCUT2D eigenvalue weighted by Gasteiger charge is -2.23. The molecule has 0 spiro atoms. The summed E-state index contributed by atoms with van der Waals surface area (Å²) in [4.78, 5) is 10.5. The van der Waals surface area contributed by atoms with Gasteiger partial charge in [-0.3, -0.25) is 0 Å². The van der Waals surface area contributed by atoms with Gasteiger partial charge >= 0.3 is 0 Å². The molecule has 0 unspecified atom stereocenters. The Hall–Kier alpha value is -2.63. The zero-order valence-corrected chi connectivity index (χ0v) is 11.5. The first-order valence-electron chi connectivity index (χ1n) is 6.30. The van der Waals surface area contributed by atoms with Gasteiger partial charge in [0.2, 0.25) is 0 Å². The molecule has 1 aromatic heterocycles. The number of aromatic nitrogens is 2. The molecule has 0 aliphatic carbocycles. The average Bonchev–Trinajstić information content (AvgIpc) is 2.50. The van der Waals surface area contributed by atoms with Crippen LogP contribution >= 0.6 is 0 Å². The zero-order valence-electron chi connectivity index (χ0n) is 11.5. The van der Waals surface area contributed by atoms with Crippen LogP contribution in [0.2, 0.25) is 0 Å². The van der Waals surface area contributed by atoms with Gasteiger partial charge in [0.1, 0.15) is 5.69 Å². The number of aryl methyl sites for hydroxylation is 1. The van der Waals surface area contributed by atoms with Gasteiger partial charge in [-0.2, -0.15) is 0 Å². The Morgan fingerprint density at radius 3 is 2.60 bits per heavy atom. The van der Waals surface area contributed by atoms with Crippen molar-refractivity contribution in [1.82, 2.24) is 9.97 Å². The molecule has 2 rings (SSSR count). The number of anilines is 2. The molecule has 0 saturated carbocycles. The molecule has 0 aliphatic rings. The molecule has 0 radical (unpaired) electrons. The molecule has 6 nitrogen and oxygen atoms in total. The normalized spacial score (nSPS) is 11.4. The minimum Gasteiger partial charge on any atom is -0.409 e. The van der Waals surface area contributed by atoms with Crippen LogP contribution in [0.15, 0.2) is 41.8 Å². The second-order valence-electron chi connectivity index (χ2n) is 4.28. The number of nitrogens with two attached hydrogens (primary N) is 1. The van der Waals surface area contributed by atoms with Crippen molar-refractivity contribution in [2.45, 2.75) is 13.8 Å². The molecule has 0 aliphatic heterocycles. The summed E-state index contributed by atoms with van der Waals surface area (Å²) in [5.41, 5.74) is 8.06. The topological polar surface area (TPSA) is 87.6 Å². The van der Waals surface area contributed by atoms with E-state index in [1.165, 1.54) is 6.20 Å². The summed E-state index contributed by atoms with van der Waals surface area (Å²) in [6.07, 6.45) is 3.11. The molecule has 0 fully saturated rings. The Morgan fingerprint density at radius 1 is 1.30 bits per heavy atom. The maximum Gasteiger partial charge on any atom is 0.190 e. The van der Waals surface area contributed by atoms with Crippen LogP contribution in [0, 0.1) is 6.92 Å². The van der Waals surface area contributed by atoms with E-state index in [0.717, 1.165) is 23.6 Å². The molecule has 0 bridgehead atoms. The van der Waals surface area contributed by atoms with Crippen LogP contribution in [0.4, 0.5) is 11.5 Å². The van der Waals surface area contributed by atoms with Crippen LogP contribution in [-0.2, 0) is 0 Å². The monoisotopic (exact) mass is 271 g/mol. The molecule has 104 valence electrons. The fraction of sp³-hybridized carbons (Fsp3) is 0.214. The number of para-hydroxylation sites is 1. The molecular formula is C14H17N5O. The minimum atomic E-state index is -0.0528. The van der Waals surface area contributed by atoms with Gasteiger partial charge < -0.3 is 15.8 Å². The number of rotatable bonds is 4. The third kappa shape index (κ3) is 2.69. The van der Waals surface area contributed by atoms with E-state index in [4.69, 9.17) is 10.9 Å². The summed E-state index contributed by atoms with van der Waals surface area (Å²) in [7, 11) is 0. The first-order chi connectivity index (χ1) is 9.67. The largest absolute Gasteiger partial charge is 0.409 e. The minimum absolute atomic E-state index is 0.0528. The summed E-state index contributed by atoms with van der Waals surface area (Å²) in [5, 5.41) is 11.5. The van der Waals surface area contributed by atoms with Gasteiger partial charge in [0.15, 0.2) is 11.7 Å². The van der Waals surface area contributed by atoms with Crippen LogP contribution in [0.1, 0.15) is 18.2 Å². The van der Waals surface area contributed by atoms with Crippen molar-refractivity contribution in [1.29, 1.82) is 0 Å². The quantitative estimate of drug-likeness (QED) is 0.384. The van der Waals surface area contributed by atoms with Crippen LogP contribution in [0.3, 0.4) is 0 Å². The third-order valence-electron chi connectivity index (χ3n) is 3.01. The van der Waals surface area contributed by atoms with Gasteiger partial charge in [-0.15, -0.1) is 0 Å². The van der Waals surface area contributed by atoms with E-state index in [9.17, 15) is 0 Å². The standard InChI is InChI=1S/C14H17N5O/c1-3-19(12-7-5-4-6-10(12)2)13-9-16-11(8-17-13)14(15)18-20/h4-9,20H,3H2,1-2H3,(H2,15,18). The first kappa shape index (κ1) is 13.8. The lowest BCUT2D eigenvalue weighted by atomic mass is 10.2. The fourth-order valence-electron chi connectivity index (χ4n) is 1.97. The molecule has 2 aromatic rings. The summed E-state index contributed by atoms with van der Waals surface area (Å²) in [6, 6.07) is 8.08. The zero-order chi connectivity index (χ0) is 14.5. The highest BCUT2D eigenvalue weighted by molar-refractivity contribution is 5.94. The van der Waals surface area contributed by atoms with Gasteiger partial charge in [0, 0.05) is 12.2 Å². The molecule has 20 heavy (non-hydrogen) atoms. The first-order valence-corrected chi connectivity index (χ1v) is 6.30. The van der Waals surface area contributed by atoms with Crippen molar-refractivity contribution < 1.29 is 5.21 Å². The van der Waals surface area contributed by atoms with Crippen molar-refractivity contribution in [3.63, 3.8) is 0 Å². The number of hydrogen-bond acceptors (Lipinski definition) is 5. The molecule has 3 N–H and O–H groups in total. The Labute approximate surface area is 117 Å². The second kappa shape index (κ2) is 6.01. The highest BCUT2D eigenvalue weighted by atomic mass is 16.4. The molecule has 6 heteroatoms. The van der Waals surface area contributed by atoms with Crippen LogP contribution in [0.5, 0.6) is 0 Å². The highest BCUT2D eigenvalue weighted by Gasteiger charge is 2.11. The van der Waals surface area contributed by atoms with Crippen molar-refractivity contribution >= 4 is 17.3 Å². The van der Waals surface area contributed by atoms with Gasteiger partial charge in [0.25, 0.3) is 0 Å². The number of nitrogens with zero attached hydrogens (tertiary/aromatic N) is 4. The number of hydrogen-bond donors (Lipinski definition) is 2. The predicted molar refractivity (Wildman–Crippen MR) is 78.4 cm³/mol. The van der Waals surface area contributed by atoms with Crippen molar-refractivity contribution in [3.8, 4) is 0 Å². The van der Waals surface area contributed by atoms with E-state index in [-0.39, 0.29) is 5.84 Å². The summed E-state index contributed by atoms with van der Waals surface area (Å²) in [5.74, 6) is 0.666. The lowest BCUT2D eigenvalue weighted by Crippen LogP contribution is -2.20. The van der Waals surface area contributed by atoms with E-state index in [1.807, 2.05) is 25.1 Å². The van der Waals surface area contributed by atoms with E-state index in [2.05, 4.69) is 33.0 Å². The predicted octanol–water partition coefficient (Wildman–Crippen LogP) is 2.04. The summed E-state index contributed by atoms with van der Waals surface area (Å²) < 4.78 is 0. The van der Waals surface area contributed by atoms with Gasteiger partial charge in [0.05, 0.1) is 12.4 Å². The smallest absolute Gasteiger partial charge is 0.190 e. The molecule has 0 amide bonds. The van der Waals surface area contributed by atoms with Gasteiger partial charge in [-0.25, -0.2) is 9.97 Å². The maximum atomic E-state index is 8.61. The van der Waals surface area contributed by atoms with Gasteiger partial charge in [-0.1, -0.05) is 23.4 Å². The molecule has 1 heterocycles. The van der Waals surface area contributed by atoms with Crippen molar-refractivity contribution in [2.24, 2.45) is 10.9 Å². The van der Waals surface area contributed by atoms with Crippen molar-refractivity contribution in [3.05, 3.63) is 47.9 Å². The van der Waals surface area contributed by atoms with Gasteiger partial charge in [-0.05, 0) is 25.5 Å². The third-order valence-corrected chi connectivity index (χ3v) is 3.01. The van der Waals surface area contributed by atoms with E-state index in [0.29, 0.717) is 5.69 Å². The van der Waals surface area contributed by atoms with Crippen molar-refractivity contribution in [2.75, 3.05) is 11.4 Å². The Bertz CT molecular complexity index is 609. The van der Waals surface area contributed by atoms with E-state index in [1.54, 1.807) is 6.20 Å². The maximum absolute atomic E-state index is 8.61. The molecule has 0 atom stereocenters. The Balaban J connectivity index is 2.36.